The van der Waals surface area contributed by atoms with Crippen molar-refractivity contribution in [3.05, 3.63) is 23.8 Å². The highest BCUT2D eigenvalue weighted by Crippen LogP contribution is 2.20. The third-order valence-electron chi connectivity index (χ3n) is 2.69. The first kappa shape index (κ1) is 11.3. The highest BCUT2D eigenvalue weighted by atomic mass is 19.1. The lowest BCUT2D eigenvalue weighted by molar-refractivity contribution is 0.186. The fourth-order valence-electron chi connectivity index (χ4n) is 1.79. The molecule has 0 aliphatic carbocycles. The molecule has 2 rings (SSSR count). The molecule has 1 saturated heterocycles. The molecule has 0 bridgehead atoms. The Morgan fingerprint density at radius 3 is 3.12 bits per heavy atom. The van der Waals surface area contributed by atoms with E-state index in [0.717, 1.165) is 5.56 Å². The number of nitrogens with one attached hydrogen (secondary N) is 1. The predicted octanol–water partition coefficient (Wildman–Crippen LogP) is 0.631. The van der Waals surface area contributed by atoms with E-state index in [-0.39, 0.29) is 17.9 Å². The van der Waals surface area contributed by atoms with Crippen LogP contribution in [-0.4, -0.2) is 35.4 Å². The van der Waals surface area contributed by atoms with E-state index in [1.165, 1.54) is 6.20 Å². The summed E-state index contributed by atoms with van der Waals surface area (Å²) in [6.45, 7) is 2.69. The van der Waals surface area contributed by atoms with Crippen LogP contribution in [0.1, 0.15) is 12.0 Å². The Labute approximate surface area is 93.5 Å². The van der Waals surface area contributed by atoms with Crippen molar-refractivity contribution in [2.75, 3.05) is 13.2 Å². The largest absolute Gasteiger partial charge is 0.487 e. The fourth-order valence-corrected chi connectivity index (χ4v) is 1.79. The maximum Gasteiger partial charge on any atom is 0.255 e. The van der Waals surface area contributed by atoms with Crippen molar-refractivity contribution in [2.24, 2.45) is 0 Å². The molecule has 1 aromatic rings. The molecule has 2 N–H and O–H groups in total. The van der Waals surface area contributed by atoms with Crippen LogP contribution in [0.5, 0.6) is 5.75 Å². The van der Waals surface area contributed by atoms with Gasteiger partial charge in [0.25, 0.3) is 5.95 Å². The molecule has 0 saturated carbocycles. The van der Waals surface area contributed by atoms with Crippen molar-refractivity contribution >= 4 is 0 Å². The number of nitrogens with zero attached hydrogens (tertiary/aromatic N) is 1. The van der Waals surface area contributed by atoms with Crippen molar-refractivity contribution in [2.45, 2.75) is 25.5 Å². The Morgan fingerprint density at radius 2 is 2.50 bits per heavy atom. The number of pyridine rings is 1. The Morgan fingerprint density at radius 1 is 1.69 bits per heavy atom. The Kier molecular flexibility index (Phi) is 3.36. The van der Waals surface area contributed by atoms with E-state index in [2.05, 4.69) is 10.3 Å². The van der Waals surface area contributed by atoms with Crippen LogP contribution in [0.4, 0.5) is 4.39 Å². The monoisotopic (exact) mass is 226 g/mol. The first-order chi connectivity index (χ1) is 7.66. The lowest BCUT2D eigenvalue weighted by Gasteiger charge is -2.13. The summed E-state index contributed by atoms with van der Waals surface area (Å²) in [5, 5.41) is 12.4. The highest BCUT2D eigenvalue weighted by Gasteiger charge is 2.23. The van der Waals surface area contributed by atoms with Gasteiger partial charge in [0.15, 0.2) is 5.75 Å². The number of halogens is 1. The summed E-state index contributed by atoms with van der Waals surface area (Å²) in [5.74, 6) is -0.385. The van der Waals surface area contributed by atoms with Crippen molar-refractivity contribution in [1.82, 2.24) is 10.3 Å². The maximum absolute atomic E-state index is 13.3. The molecule has 0 spiro atoms. The molecule has 2 unspecified atom stereocenters. The molecule has 16 heavy (non-hydrogen) atoms. The quantitative estimate of drug-likeness (QED) is 0.742. The third kappa shape index (κ3) is 2.48. The van der Waals surface area contributed by atoms with Crippen LogP contribution in [0.3, 0.4) is 0 Å². The minimum Gasteiger partial charge on any atom is -0.487 e. The summed E-state index contributed by atoms with van der Waals surface area (Å²) < 4.78 is 18.7. The molecule has 0 radical (unpaired) electrons. The Hall–Kier alpha value is -1.20. The molecule has 4 nitrogen and oxygen atoms in total. The van der Waals surface area contributed by atoms with Gasteiger partial charge < -0.3 is 15.2 Å². The smallest absolute Gasteiger partial charge is 0.255 e. The second kappa shape index (κ2) is 4.76. The van der Waals surface area contributed by atoms with Gasteiger partial charge in [-0.1, -0.05) is 0 Å². The van der Waals surface area contributed by atoms with Crippen LogP contribution in [-0.2, 0) is 0 Å². The van der Waals surface area contributed by atoms with Gasteiger partial charge in [0.2, 0.25) is 0 Å². The van der Waals surface area contributed by atoms with E-state index in [4.69, 9.17) is 4.74 Å². The summed E-state index contributed by atoms with van der Waals surface area (Å²) >= 11 is 0. The number of aromatic nitrogens is 1. The predicted molar refractivity (Wildman–Crippen MR) is 56.8 cm³/mol. The average molecular weight is 226 g/mol. The van der Waals surface area contributed by atoms with E-state index >= 15 is 0 Å². The Balaban J connectivity index is 1.94. The lowest BCUT2D eigenvalue weighted by atomic mass is 10.2. The van der Waals surface area contributed by atoms with Gasteiger partial charge >= 0.3 is 0 Å². The van der Waals surface area contributed by atoms with Crippen molar-refractivity contribution in [1.29, 1.82) is 0 Å². The number of β-amino-alcohol motifs (C(OH)–C–C–N with tert-alkyl or cyclic N) is 1. The Bertz CT molecular complexity index is 353. The summed E-state index contributed by atoms with van der Waals surface area (Å²) in [4.78, 5) is 3.54. The van der Waals surface area contributed by atoms with Crippen LogP contribution in [0, 0.1) is 12.9 Å². The van der Waals surface area contributed by atoms with E-state index < -0.39 is 5.95 Å². The second-order valence-electron chi connectivity index (χ2n) is 4.05. The van der Waals surface area contributed by atoms with Crippen molar-refractivity contribution in [3.63, 3.8) is 0 Å². The molecule has 0 amide bonds. The van der Waals surface area contributed by atoms with Gasteiger partial charge in [-0.15, -0.1) is 0 Å². The first-order valence-corrected chi connectivity index (χ1v) is 5.32. The molecule has 1 aromatic heterocycles. The minimum atomic E-state index is -0.585. The summed E-state index contributed by atoms with van der Waals surface area (Å²) in [7, 11) is 0. The SMILES string of the molecule is Cc1ccnc(F)c1OCC1CC(O)CN1. The van der Waals surface area contributed by atoms with Crippen LogP contribution >= 0.6 is 0 Å². The first-order valence-electron chi connectivity index (χ1n) is 5.32. The van der Waals surface area contributed by atoms with Gasteiger partial charge in [-0.25, -0.2) is 4.98 Å². The molecule has 1 aliphatic rings. The van der Waals surface area contributed by atoms with Gasteiger partial charge in [0.1, 0.15) is 6.61 Å². The lowest BCUT2D eigenvalue weighted by Crippen LogP contribution is -2.28. The maximum atomic E-state index is 13.3. The normalized spacial score (nSPS) is 24.7. The summed E-state index contributed by atoms with van der Waals surface area (Å²) in [6, 6.07) is 1.78. The van der Waals surface area contributed by atoms with E-state index in [1.54, 1.807) is 13.0 Å². The van der Waals surface area contributed by atoms with Gasteiger partial charge in [-0.3, -0.25) is 0 Å². The van der Waals surface area contributed by atoms with Gasteiger partial charge in [0.05, 0.1) is 6.10 Å². The van der Waals surface area contributed by atoms with Crippen LogP contribution in [0.15, 0.2) is 12.3 Å². The zero-order valence-corrected chi connectivity index (χ0v) is 9.11. The number of ether oxygens (including phenoxy) is 1. The topological polar surface area (TPSA) is 54.4 Å². The van der Waals surface area contributed by atoms with Crippen molar-refractivity contribution in [3.8, 4) is 5.75 Å². The number of aliphatic hydroxyl groups excluding tert-OH is 1. The number of aliphatic hydroxyl groups is 1. The highest BCUT2D eigenvalue weighted by molar-refractivity contribution is 5.29. The molecule has 2 atom stereocenters. The zero-order valence-electron chi connectivity index (χ0n) is 9.11. The van der Waals surface area contributed by atoms with E-state index in [9.17, 15) is 9.50 Å². The van der Waals surface area contributed by atoms with Gasteiger partial charge in [-0.2, -0.15) is 4.39 Å². The van der Waals surface area contributed by atoms with E-state index in [0.29, 0.717) is 19.6 Å². The van der Waals surface area contributed by atoms with Crippen molar-refractivity contribution < 1.29 is 14.2 Å². The van der Waals surface area contributed by atoms with Crippen LogP contribution in [0.25, 0.3) is 0 Å². The molecule has 1 fully saturated rings. The number of aryl methyl sites for hydroxylation is 1. The fraction of sp³-hybridized carbons (Fsp3) is 0.545. The molecular weight excluding hydrogens is 211 g/mol. The molecule has 2 heterocycles. The molecular formula is C11H15FN2O2. The molecule has 5 heteroatoms. The summed E-state index contributed by atoms with van der Waals surface area (Å²) in [5.41, 5.74) is 0.728. The van der Waals surface area contributed by atoms with Crippen LogP contribution in [0.2, 0.25) is 0 Å². The third-order valence-corrected chi connectivity index (χ3v) is 2.69. The molecule has 88 valence electrons. The molecule has 0 aromatic carbocycles. The minimum absolute atomic E-state index is 0.0778. The summed E-state index contributed by atoms with van der Waals surface area (Å²) in [6.07, 6.45) is 1.73. The zero-order chi connectivity index (χ0) is 11.5. The number of rotatable bonds is 3. The van der Waals surface area contributed by atoms with Gasteiger partial charge in [0, 0.05) is 18.8 Å². The van der Waals surface area contributed by atoms with E-state index in [1.807, 2.05) is 0 Å². The van der Waals surface area contributed by atoms with Crippen LogP contribution < -0.4 is 10.1 Å². The number of hydrogen-bond acceptors (Lipinski definition) is 4. The number of hydrogen-bond donors (Lipinski definition) is 2. The molecule has 1 aliphatic heterocycles. The average Bonchev–Trinajstić information content (AvgIpc) is 2.63. The standard InChI is InChI=1S/C11H15FN2O2/c1-7-2-3-13-11(12)10(7)16-6-8-4-9(15)5-14-8/h2-3,8-9,14-15H,4-6H2,1H3. The van der Waals surface area contributed by atoms with Gasteiger partial charge in [-0.05, 0) is 25.0 Å². The second-order valence-corrected chi connectivity index (χ2v) is 4.05.